The average molecular weight is 196 g/mol. The predicted molar refractivity (Wildman–Crippen MR) is 55.9 cm³/mol. The molecule has 1 saturated heterocycles. The summed E-state index contributed by atoms with van der Waals surface area (Å²) in [7, 11) is 0. The van der Waals surface area contributed by atoms with Crippen molar-refractivity contribution in [1.29, 1.82) is 5.26 Å². The summed E-state index contributed by atoms with van der Waals surface area (Å²) >= 11 is 0. The van der Waals surface area contributed by atoms with Crippen molar-refractivity contribution < 1.29 is 4.74 Å². The first kappa shape index (κ1) is 11.5. The van der Waals surface area contributed by atoms with E-state index in [-0.39, 0.29) is 5.54 Å². The quantitative estimate of drug-likeness (QED) is 0.686. The maximum Gasteiger partial charge on any atom is 0.111 e. The highest BCUT2D eigenvalue weighted by Crippen LogP contribution is 2.30. The molecule has 3 nitrogen and oxygen atoms in total. The summed E-state index contributed by atoms with van der Waals surface area (Å²) < 4.78 is 5.37. The molecule has 2 atom stereocenters. The number of hydrogen-bond acceptors (Lipinski definition) is 3. The Hall–Kier alpha value is -0.590. The molecule has 14 heavy (non-hydrogen) atoms. The minimum absolute atomic E-state index is 0.347. The van der Waals surface area contributed by atoms with Gasteiger partial charge in [0.15, 0.2) is 0 Å². The Labute approximate surface area is 86.6 Å². The molecule has 0 amide bonds. The van der Waals surface area contributed by atoms with Crippen molar-refractivity contribution in [2.24, 2.45) is 5.92 Å². The summed E-state index contributed by atoms with van der Waals surface area (Å²) in [4.78, 5) is 2.23. The monoisotopic (exact) mass is 196 g/mol. The van der Waals surface area contributed by atoms with Gasteiger partial charge in [0.25, 0.3) is 0 Å². The van der Waals surface area contributed by atoms with Crippen LogP contribution in [0.3, 0.4) is 0 Å². The van der Waals surface area contributed by atoms with Crippen LogP contribution in [0.4, 0.5) is 0 Å². The normalized spacial score (nSPS) is 26.1. The highest BCUT2D eigenvalue weighted by Gasteiger charge is 2.40. The zero-order chi connectivity index (χ0) is 10.6. The van der Waals surface area contributed by atoms with Crippen LogP contribution in [-0.4, -0.2) is 36.7 Å². The van der Waals surface area contributed by atoms with Gasteiger partial charge in [0.2, 0.25) is 0 Å². The van der Waals surface area contributed by atoms with Gasteiger partial charge in [0.05, 0.1) is 12.7 Å². The largest absolute Gasteiger partial charge is 0.381 e. The lowest BCUT2D eigenvalue weighted by Gasteiger charge is -2.38. The van der Waals surface area contributed by atoms with E-state index in [2.05, 4.69) is 24.8 Å². The van der Waals surface area contributed by atoms with Gasteiger partial charge in [-0.2, -0.15) is 5.26 Å². The lowest BCUT2D eigenvalue weighted by atomic mass is 9.84. The molecular formula is C11H20N2O. The number of nitriles is 1. The fraction of sp³-hybridized carbons (Fsp3) is 0.909. The molecule has 1 rings (SSSR count). The third-order valence-electron chi connectivity index (χ3n) is 3.37. The van der Waals surface area contributed by atoms with Crippen LogP contribution in [0.1, 0.15) is 27.2 Å². The fourth-order valence-electron chi connectivity index (χ4n) is 2.28. The van der Waals surface area contributed by atoms with Gasteiger partial charge < -0.3 is 4.74 Å². The Morgan fingerprint density at radius 2 is 2.14 bits per heavy atom. The van der Waals surface area contributed by atoms with Gasteiger partial charge in [-0.25, -0.2) is 0 Å². The van der Waals surface area contributed by atoms with Crippen molar-refractivity contribution in [3.63, 3.8) is 0 Å². The minimum Gasteiger partial charge on any atom is -0.381 e. The van der Waals surface area contributed by atoms with Crippen LogP contribution in [0.25, 0.3) is 0 Å². The van der Waals surface area contributed by atoms with E-state index in [9.17, 15) is 5.26 Å². The predicted octanol–water partition coefficient (Wildman–Crippen LogP) is 1.65. The van der Waals surface area contributed by atoms with Crippen molar-refractivity contribution in [2.45, 2.75) is 32.7 Å². The fourth-order valence-corrected chi connectivity index (χ4v) is 2.28. The van der Waals surface area contributed by atoms with E-state index < -0.39 is 0 Å². The molecule has 1 heterocycles. The Kier molecular flexibility index (Phi) is 3.91. The maximum absolute atomic E-state index is 9.33. The first-order chi connectivity index (χ1) is 6.69. The second kappa shape index (κ2) is 4.77. The third kappa shape index (κ3) is 1.92. The molecule has 0 N–H and O–H groups in total. The molecule has 0 aliphatic carbocycles. The summed E-state index contributed by atoms with van der Waals surface area (Å²) in [5.41, 5.74) is -0.347. The Morgan fingerprint density at radius 3 is 2.50 bits per heavy atom. The standard InChI is InChI=1S/C11H20N2O/c1-4-13(5-2)11(3,9-12)10-6-7-14-8-10/h10H,4-8H2,1-3H3. The van der Waals surface area contributed by atoms with Gasteiger partial charge in [0, 0.05) is 12.5 Å². The molecule has 0 saturated carbocycles. The Morgan fingerprint density at radius 1 is 1.50 bits per heavy atom. The average Bonchev–Trinajstić information content (AvgIpc) is 2.72. The first-order valence-corrected chi connectivity index (χ1v) is 5.43. The summed E-state index contributed by atoms with van der Waals surface area (Å²) in [6.07, 6.45) is 1.01. The zero-order valence-corrected chi connectivity index (χ0v) is 9.42. The van der Waals surface area contributed by atoms with Crippen molar-refractivity contribution >= 4 is 0 Å². The topological polar surface area (TPSA) is 36.3 Å². The van der Waals surface area contributed by atoms with E-state index in [1.54, 1.807) is 0 Å². The molecule has 3 heteroatoms. The van der Waals surface area contributed by atoms with Crippen molar-refractivity contribution in [1.82, 2.24) is 4.90 Å². The van der Waals surface area contributed by atoms with E-state index >= 15 is 0 Å². The molecule has 80 valence electrons. The van der Waals surface area contributed by atoms with E-state index in [0.29, 0.717) is 5.92 Å². The smallest absolute Gasteiger partial charge is 0.111 e. The highest BCUT2D eigenvalue weighted by molar-refractivity contribution is 5.09. The minimum atomic E-state index is -0.347. The highest BCUT2D eigenvalue weighted by atomic mass is 16.5. The SMILES string of the molecule is CCN(CC)C(C)(C#N)C1CCOC1. The van der Waals surface area contributed by atoms with Crippen LogP contribution < -0.4 is 0 Å². The molecule has 0 aromatic heterocycles. The lowest BCUT2D eigenvalue weighted by Crippen LogP contribution is -2.50. The zero-order valence-electron chi connectivity index (χ0n) is 9.42. The first-order valence-electron chi connectivity index (χ1n) is 5.43. The summed E-state index contributed by atoms with van der Waals surface area (Å²) in [6, 6.07) is 2.47. The van der Waals surface area contributed by atoms with Crippen LogP contribution in [0.15, 0.2) is 0 Å². The number of nitrogens with zero attached hydrogens (tertiary/aromatic N) is 2. The lowest BCUT2D eigenvalue weighted by molar-refractivity contribution is 0.0904. The summed E-state index contributed by atoms with van der Waals surface area (Å²) in [5, 5.41) is 9.33. The number of rotatable bonds is 4. The van der Waals surface area contributed by atoms with Crippen molar-refractivity contribution in [3.8, 4) is 6.07 Å². The molecule has 1 fully saturated rings. The van der Waals surface area contributed by atoms with Crippen LogP contribution in [-0.2, 0) is 4.74 Å². The molecular weight excluding hydrogens is 176 g/mol. The Bertz CT molecular complexity index is 210. The van der Waals surface area contributed by atoms with E-state index in [1.165, 1.54) is 0 Å². The van der Waals surface area contributed by atoms with E-state index in [1.807, 2.05) is 6.92 Å². The number of ether oxygens (including phenoxy) is 1. The molecule has 2 unspecified atom stereocenters. The Balaban J connectivity index is 2.78. The van der Waals surface area contributed by atoms with Gasteiger partial charge in [0.1, 0.15) is 5.54 Å². The molecule has 0 bridgehead atoms. The molecule has 0 aromatic rings. The van der Waals surface area contributed by atoms with E-state index in [4.69, 9.17) is 4.74 Å². The van der Waals surface area contributed by atoms with Crippen LogP contribution in [0.5, 0.6) is 0 Å². The number of hydrogen-bond donors (Lipinski definition) is 0. The van der Waals surface area contributed by atoms with Crippen LogP contribution in [0, 0.1) is 17.2 Å². The van der Waals surface area contributed by atoms with Crippen molar-refractivity contribution in [3.05, 3.63) is 0 Å². The molecule has 0 spiro atoms. The van der Waals surface area contributed by atoms with E-state index in [0.717, 1.165) is 32.7 Å². The van der Waals surface area contributed by atoms with Gasteiger partial charge in [-0.3, -0.25) is 4.90 Å². The van der Waals surface area contributed by atoms with Gasteiger partial charge in [-0.15, -0.1) is 0 Å². The summed E-state index contributed by atoms with van der Waals surface area (Å²) in [6.45, 7) is 9.65. The second-order valence-electron chi connectivity index (χ2n) is 3.99. The molecule has 0 aromatic carbocycles. The van der Waals surface area contributed by atoms with Gasteiger partial charge in [-0.05, 0) is 26.4 Å². The summed E-state index contributed by atoms with van der Waals surface area (Å²) in [5.74, 6) is 0.368. The second-order valence-corrected chi connectivity index (χ2v) is 3.99. The van der Waals surface area contributed by atoms with Crippen LogP contribution >= 0.6 is 0 Å². The van der Waals surface area contributed by atoms with Gasteiger partial charge >= 0.3 is 0 Å². The van der Waals surface area contributed by atoms with Crippen molar-refractivity contribution in [2.75, 3.05) is 26.3 Å². The van der Waals surface area contributed by atoms with Crippen LogP contribution in [0.2, 0.25) is 0 Å². The third-order valence-corrected chi connectivity index (χ3v) is 3.37. The van der Waals surface area contributed by atoms with Gasteiger partial charge in [-0.1, -0.05) is 13.8 Å². The molecule has 1 aliphatic heterocycles. The molecule has 1 aliphatic rings. The maximum atomic E-state index is 9.33. The molecule has 0 radical (unpaired) electrons.